The Labute approximate surface area is 102 Å². The number of halogens is 3. The topological polar surface area (TPSA) is 46.3 Å². The molecule has 2 rings (SSSR count). The van der Waals surface area contributed by atoms with Gasteiger partial charge in [0.25, 0.3) is 0 Å². The number of carbonyl (C=O) groups excluding carboxylic acids is 1. The lowest BCUT2D eigenvalue weighted by Gasteiger charge is -2.39. The zero-order chi connectivity index (χ0) is 13.3. The minimum Gasteiger partial charge on any atom is -0.399 e. The van der Waals surface area contributed by atoms with Gasteiger partial charge in [-0.2, -0.15) is 13.2 Å². The fraction of sp³-hybridized carbons (Fsp3) is 0.417. The van der Waals surface area contributed by atoms with E-state index in [0.717, 1.165) is 10.5 Å². The minimum absolute atomic E-state index is 0.0816. The summed E-state index contributed by atoms with van der Waals surface area (Å²) < 4.78 is 36.4. The maximum atomic E-state index is 12.1. The standard InChI is InChI=1S/C12H13F3N2O/c13-12(14,15)11(18)17-6-9(7-17)4-8-2-1-3-10(16)5-8/h1-3,5,9H,4,6-7,16H2. The molecule has 0 aromatic heterocycles. The number of nitrogens with zero attached hydrogens (tertiary/aromatic N) is 1. The lowest BCUT2D eigenvalue weighted by Crippen LogP contribution is -2.54. The summed E-state index contributed by atoms with van der Waals surface area (Å²) in [6, 6.07) is 7.24. The summed E-state index contributed by atoms with van der Waals surface area (Å²) in [6.45, 7) is 0.320. The number of amides is 1. The first-order chi connectivity index (χ1) is 8.36. The molecule has 0 bridgehead atoms. The third kappa shape index (κ3) is 2.75. The average molecular weight is 258 g/mol. The van der Waals surface area contributed by atoms with Gasteiger partial charge in [0.2, 0.25) is 0 Å². The second kappa shape index (κ2) is 4.51. The van der Waals surface area contributed by atoms with Crippen molar-refractivity contribution in [3.05, 3.63) is 29.8 Å². The average Bonchev–Trinajstić information content (AvgIpc) is 2.20. The molecule has 2 N–H and O–H groups in total. The Balaban J connectivity index is 1.85. The predicted octanol–water partition coefficient (Wildman–Crippen LogP) is 1.83. The first-order valence-corrected chi connectivity index (χ1v) is 5.57. The number of hydrogen-bond donors (Lipinski definition) is 1. The van der Waals surface area contributed by atoms with E-state index in [1.54, 1.807) is 12.1 Å². The Morgan fingerprint density at radius 3 is 2.61 bits per heavy atom. The molecule has 98 valence electrons. The van der Waals surface area contributed by atoms with Gasteiger partial charge in [-0.1, -0.05) is 12.1 Å². The van der Waals surface area contributed by atoms with Crippen molar-refractivity contribution in [2.24, 2.45) is 5.92 Å². The maximum Gasteiger partial charge on any atom is 0.471 e. The normalized spacial score (nSPS) is 16.5. The van der Waals surface area contributed by atoms with Crippen LogP contribution in [0.4, 0.5) is 18.9 Å². The number of likely N-dealkylation sites (tertiary alicyclic amines) is 1. The first-order valence-electron chi connectivity index (χ1n) is 5.57. The molecule has 18 heavy (non-hydrogen) atoms. The van der Waals surface area contributed by atoms with Gasteiger partial charge in [-0.3, -0.25) is 4.79 Å². The fourth-order valence-electron chi connectivity index (χ4n) is 2.10. The van der Waals surface area contributed by atoms with Gasteiger partial charge >= 0.3 is 12.1 Å². The Morgan fingerprint density at radius 1 is 1.39 bits per heavy atom. The molecule has 0 aliphatic carbocycles. The summed E-state index contributed by atoms with van der Waals surface area (Å²) in [5.41, 5.74) is 7.23. The molecule has 0 spiro atoms. The Kier molecular flexibility index (Phi) is 3.19. The summed E-state index contributed by atoms with van der Waals surface area (Å²) >= 11 is 0. The van der Waals surface area contributed by atoms with Crippen LogP contribution in [0.2, 0.25) is 0 Å². The van der Waals surface area contributed by atoms with E-state index in [1.807, 2.05) is 12.1 Å². The van der Waals surface area contributed by atoms with Gasteiger partial charge in [0, 0.05) is 18.8 Å². The van der Waals surface area contributed by atoms with Crippen LogP contribution < -0.4 is 5.73 Å². The van der Waals surface area contributed by atoms with Crippen molar-refractivity contribution in [1.82, 2.24) is 4.90 Å². The number of nitrogen functional groups attached to an aromatic ring is 1. The van der Waals surface area contributed by atoms with Crippen molar-refractivity contribution in [1.29, 1.82) is 0 Å². The predicted molar refractivity (Wildman–Crippen MR) is 60.7 cm³/mol. The molecule has 0 unspecified atom stereocenters. The van der Waals surface area contributed by atoms with E-state index < -0.39 is 12.1 Å². The van der Waals surface area contributed by atoms with Crippen LogP contribution in [0.5, 0.6) is 0 Å². The zero-order valence-electron chi connectivity index (χ0n) is 9.57. The number of nitrogens with two attached hydrogens (primary N) is 1. The van der Waals surface area contributed by atoms with E-state index in [1.165, 1.54) is 0 Å². The molecule has 0 saturated carbocycles. The monoisotopic (exact) mass is 258 g/mol. The second-order valence-electron chi connectivity index (χ2n) is 4.52. The van der Waals surface area contributed by atoms with E-state index in [-0.39, 0.29) is 19.0 Å². The van der Waals surface area contributed by atoms with Gasteiger partial charge < -0.3 is 10.6 Å². The molecule has 1 fully saturated rings. The highest BCUT2D eigenvalue weighted by atomic mass is 19.4. The highest BCUT2D eigenvalue weighted by Crippen LogP contribution is 2.27. The molecule has 1 aliphatic heterocycles. The van der Waals surface area contributed by atoms with Crippen LogP contribution in [0, 0.1) is 5.92 Å². The van der Waals surface area contributed by atoms with Crippen LogP contribution in [0.3, 0.4) is 0 Å². The maximum absolute atomic E-state index is 12.1. The van der Waals surface area contributed by atoms with Crippen LogP contribution >= 0.6 is 0 Å². The van der Waals surface area contributed by atoms with Gasteiger partial charge in [0.15, 0.2) is 0 Å². The molecule has 1 heterocycles. The summed E-state index contributed by atoms with van der Waals surface area (Å²) in [5.74, 6) is -1.66. The van der Waals surface area contributed by atoms with E-state index in [4.69, 9.17) is 5.73 Å². The number of hydrogen-bond acceptors (Lipinski definition) is 2. The number of rotatable bonds is 2. The third-order valence-corrected chi connectivity index (χ3v) is 2.96. The lowest BCUT2D eigenvalue weighted by molar-refractivity contribution is -0.191. The quantitative estimate of drug-likeness (QED) is 0.823. The summed E-state index contributed by atoms with van der Waals surface area (Å²) in [5, 5.41) is 0. The van der Waals surface area contributed by atoms with Crippen LogP contribution in [0.15, 0.2) is 24.3 Å². The Hall–Kier alpha value is -1.72. The molecule has 0 atom stereocenters. The van der Waals surface area contributed by atoms with Gasteiger partial charge in [-0.05, 0) is 30.0 Å². The van der Waals surface area contributed by atoms with Crippen LogP contribution in [0.1, 0.15) is 5.56 Å². The van der Waals surface area contributed by atoms with Crippen LogP contribution in [-0.4, -0.2) is 30.1 Å². The summed E-state index contributed by atoms with van der Waals surface area (Å²) in [6.07, 6.45) is -4.12. The van der Waals surface area contributed by atoms with Crippen molar-refractivity contribution in [2.75, 3.05) is 18.8 Å². The molecule has 3 nitrogen and oxygen atoms in total. The highest BCUT2D eigenvalue weighted by Gasteiger charge is 2.46. The number of carbonyl (C=O) groups is 1. The third-order valence-electron chi connectivity index (χ3n) is 2.96. The van der Waals surface area contributed by atoms with Gasteiger partial charge in [0.05, 0.1) is 0 Å². The van der Waals surface area contributed by atoms with Crippen molar-refractivity contribution >= 4 is 11.6 Å². The molecule has 1 aromatic carbocycles. The highest BCUT2D eigenvalue weighted by molar-refractivity contribution is 5.82. The number of anilines is 1. The molecule has 0 radical (unpaired) electrons. The fourth-order valence-corrected chi connectivity index (χ4v) is 2.10. The number of benzene rings is 1. The Morgan fingerprint density at radius 2 is 2.06 bits per heavy atom. The van der Waals surface area contributed by atoms with Crippen molar-refractivity contribution in [2.45, 2.75) is 12.6 Å². The zero-order valence-corrected chi connectivity index (χ0v) is 9.57. The van der Waals surface area contributed by atoms with Crippen molar-refractivity contribution in [3.63, 3.8) is 0 Å². The van der Waals surface area contributed by atoms with E-state index in [9.17, 15) is 18.0 Å². The molecule has 1 aliphatic rings. The van der Waals surface area contributed by atoms with Gasteiger partial charge in [-0.25, -0.2) is 0 Å². The van der Waals surface area contributed by atoms with Crippen molar-refractivity contribution in [3.8, 4) is 0 Å². The second-order valence-corrected chi connectivity index (χ2v) is 4.52. The first kappa shape index (κ1) is 12.7. The van der Waals surface area contributed by atoms with Gasteiger partial charge in [0.1, 0.15) is 0 Å². The van der Waals surface area contributed by atoms with Crippen LogP contribution in [0.25, 0.3) is 0 Å². The molecule has 1 saturated heterocycles. The summed E-state index contributed by atoms with van der Waals surface area (Å²) in [7, 11) is 0. The van der Waals surface area contributed by atoms with Gasteiger partial charge in [-0.15, -0.1) is 0 Å². The molecular formula is C12H13F3N2O. The van der Waals surface area contributed by atoms with E-state index >= 15 is 0 Å². The lowest BCUT2D eigenvalue weighted by atomic mass is 9.92. The largest absolute Gasteiger partial charge is 0.471 e. The van der Waals surface area contributed by atoms with Crippen LogP contribution in [-0.2, 0) is 11.2 Å². The smallest absolute Gasteiger partial charge is 0.399 e. The summed E-state index contributed by atoms with van der Waals surface area (Å²) in [4.78, 5) is 11.7. The molecular weight excluding hydrogens is 245 g/mol. The minimum atomic E-state index is -4.76. The molecule has 1 amide bonds. The van der Waals surface area contributed by atoms with E-state index in [0.29, 0.717) is 12.1 Å². The molecule has 1 aromatic rings. The van der Waals surface area contributed by atoms with Crippen molar-refractivity contribution < 1.29 is 18.0 Å². The number of alkyl halides is 3. The Bertz CT molecular complexity index is 453. The SMILES string of the molecule is Nc1cccc(CC2CN(C(=O)C(F)(F)F)C2)c1. The van der Waals surface area contributed by atoms with E-state index in [2.05, 4.69) is 0 Å². The molecule has 6 heteroatoms.